The number of nitrogens with zero attached hydrogens (tertiary/aromatic N) is 2. The van der Waals surface area contributed by atoms with Gasteiger partial charge < -0.3 is 5.32 Å². The normalized spacial score (nSPS) is 10.8. The molecule has 2 aromatic heterocycles. The van der Waals surface area contributed by atoms with E-state index in [0.29, 0.717) is 12.2 Å². The van der Waals surface area contributed by atoms with Crippen molar-refractivity contribution in [3.63, 3.8) is 0 Å². The van der Waals surface area contributed by atoms with Gasteiger partial charge in [0.05, 0.1) is 6.42 Å². The van der Waals surface area contributed by atoms with Crippen molar-refractivity contribution in [2.24, 2.45) is 0 Å². The molecule has 0 aliphatic rings. The fraction of sp³-hybridized carbons (Fsp3) is 0.0909. The fourth-order valence-electron chi connectivity index (χ4n) is 3.08. The van der Waals surface area contributed by atoms with Crippen molar-refractivity contribution in [3.8, 4) is 11.3 Å². The van der Waals surface area contributed by atoms with Gasteiger partial charge in [0.2, 0.25) is 5.91 Å². The highest BCUT2D eigenvalue weighted by Gasteiger charge is 2.17. The fourth-order valence-corrected chi connectivity index (χ4v) is 3.08. The molecular formula is C22H19N3O. The smallest absolute Gasteiger partial charge is 0.229 e. The van der Waals surface area contributed by atoms with Gasteiger partial charge in [0.1, 0.15) is 17.2 Å². The monoisotopic (exact) mass is 341 g/mol. The Morgan fingerprint density at radius 3 is 2.38 bits per heavy atom. The molecule has 0 radical (unpaired) electrons. The Balaban J connectivity index is 1.75. The van der Waals surface area contributed by atoms with Crippen LogP contribution in [0.1, 0.15) is 11.1 Å². The summed E-state index contributed by atoms with van der Waals surface area (Å²) in [4.78, 5) is 17.4. The number of aryl methyl sites for hydroxylation is 1. The van der Waals surface area contributed by atoms with E-state index >= 15 is 0 Å². The Morgan fingerprint density at radius 1 is 0.962 bits per heavy atom. The standard InChI is InChI=1S/C22H19N3O/c1-16-9-8-14-25-21(16)24-20(18-12-6-3-7-13-18)22(25)23-19(26)15-17-10-4-2-5-11-17/h2-14H,15H2,1H3,(H,23,26). The second kappa shape index (κ2) is 6.84. The molecule has 0 saturated carbocycles. The minimum atomic E-state index is -0.0586. The average molecular weight is 341 g/mol. The summed E-state index contributed by atoms with van der Waals surface area (Å²) in [5.41, 5.74) is 4.65. The lowest BCUT2D eigenvalue weighted by atomic mass is 10.1. The van der Waals surface area contributed by atoms with E-state index in [9.17, 15) is 4.79 Å². The Kier molecular flexibility index (Phi) is 4.23. The van der Waals surface area contributed by atoms with E-state index in [2.05, 4.69) is 5.32 Å². The Morgan fingerprint density at radius 2 is 1.65 bits per heavy atom. The van der Waals surface area contributed by atoms with E-state index in [1.54, 1.807) is 0 Å². The summed E-state index contributed by atoms with van der Waals surface area (Å²) >= 11 is 0. The number of amides is 1. The SMILES string of the molecule is Cc1cccn2c(NC(=O)Cc3ccccc3)c(-c3ccccc3)nc12. The van der Waals surface area contributed by atoms with E-state index in [0.717, 1.165) is 28.0 Å². The molecule has 128 valence electrons. The second-order valence-electron chi connectivity index (χ2n) is 6.27. The van der Waals surface area contributed by atoms with Crippen LogP contribution >= 0.6 is 0 Å². The van der Waals surface area contributed by atoms with Gasteiger partial charge >= 0.3 is 0 Å². The summed E-state index contributed by atoms with van der Waals surface area (Å²) in [5, 5.41) is 3.07. The zero-order valence-electron chi connectivity index (χ0n) is 14.5. The number of carbonyl (C=O) groups is 1. The summed E-state index contributed by atoms with van der Waals surface area (Å²) in [5.74, 6) is 0.646. The van der Waals surface area contributed by atoms with Crippen molar-refractivity contribution in [2.75, 3.05) is 5.32 Å². The molecule has 0 bridgehead atoms. The Hall–Kier alpha value is -3.40. The first-order valence-corrected chi connectivity index (χ1v) is 8.59. The maximum absolute atomic E-state index is 12.6. The highest BCUT2D eigenvalue weighted by atomic mass is 16.1. The number of fused-ring (bicyclic) bond motifs is 1. The zero-order chi connectivity index (χ0) is 17.9. The lowest BCUT2D eigenvalue weighted by molar-refractivity contribution is -0.115. The summed E-state index contributed by atoms with van der Waals surface area (Å²) in [6.45, 7) is 2.02. The molecule has 1 N–H and O–H groups in total. The summed E-state index contributed by atoms with van der Waals surface area (Å²) in [6, 6.07) is 23.6. The van der Waals surface area contributed by atoms with Crippen molar-refractivity contribution >= 4 is 17.4 Å². The van der Waals surface area contributed by atoms with Crippen molar-refractivity contribution in [1.82, 2.24) is 9.38 Å². The van der Waals surface area contributed by atoms with Crippen molar-refractivity contribution in [3.05, 3.63) is 90.1 Å². The molecule has 4 heteroatoms. The highest BCUT2D eigenvalue weighted by molar-refractivity contribution is 5.95. The van der Waals surface area contributed by atoms with Crippen molar-refractivity contribution in [2.45, 2.75) is 13.3 Å². The number of hydrogen-bond acceptors (Lipinski definition) is 2. The van der Waals surface area contributed by atoms with Crippen LogP contribution in [0.4, 0.5) is 5.82 Å². The number of imidazole rings is 1. The molecule has 1 amide bonds. The molecule has 2 heterocycles. The number of benzene rings is 2. The maximum Gasteiger partial charge on any atom is 0.229 e. The number of anilines is 1. The van der Waals surface area contributed by atoms with Crippen LogP contribution in [-0.2, 0) is 11.2 Å². The van der Waals surface area contributed by atoms with E-state index in [1.807, 2.05) is 90.3 Å². The lowest BCUT2D eigenvalue weighted by Gasteiger charge is -2.08. The third-order valence-corrected chi connectivity index (χ3v) is 4.36. The van der Waals surface area contributed by atoms with Crippen molar-refractivity contribution < 1.29 is 4.79 Å². The van der Waals surface area contributed by atoms with Crippen LogP contribution < -0.4 is 5.32 Å². The first-order chi connectivity index (χ1) is 12.7. The molecule has 0 unspecified atom stereocenters. The van der Waals surface area contributed by atoms with Crippen LogP contribution in [0.3, 0.4) is 0 Å². The van der Waals surface area contributed by atoms with Gasteiger partial charge in [-0.25, -0.2) is 4.98 Å². The van der Waals surface area contributed by atoms with Gasteiger partial charge in [-0.3, -0.25) is 9.20 Å². The first kappa shape index (κ1) is 16.1. The van der Waals surface area contributed by atoms with E-state index in [1.165, 1.54) is 0 Å². The molecule has 0 fully saturated rings. The van der Waals surface area contributed by atoms with Crippen LogP contribution in [0, 0.1) is 6.92 Å². The van der Waals surface area contributed by atoms with Gasteiger partial charge in [-0.1, -0.05) is 66.7 Å². The maximum atomic E-state index is 12.6. The Bertz CT molecular complexity index is 1050. The number of rotatable bonds is 4. The van der Waals surface area contributed by atoms with Gasteiger partial charge in [-0.15, -0.1) is 0 Å². The molecule has 0 saturated heterocycles. The van der Waals surface area contributed by atoms with Crippen LogP contribution in [0.5, 0.6) is 0 Å². The molecule has 2 aromatic carbocycles. The third-order valence-electron chi connectivity index (χ3n) is 4.36. The second-order valence-corrected chi connectivity index (χ2v) is 6.27. The molecule has 0 aliphatic carbocycles. The minimum Gasteiger partial charge on any atom is -0.310 e. The number of pyridine rings is 1. The van der Waals surface area contributed by atoms with Crippen molar-refractivity contribution in [1.29, 1.82) is 0 Å². The van der Waals surface area contributed by atoms with Crippen LogP contribution in [-0.4, -0.2) is 15.3 Å². The quantitative estimate of drug-likeness (QED) is 0.594. The van der Waals surface area contributed by atoms with Crippen LogP contribution in [0.15, 0.2) is 79.0 Å². The first-order valence-electron chi connectivity index (χ1n) is 8.59. The number of nitrogens with one attached hydrogen (secondary N) is 1. The predicted octanol–water partition coefficient (Wildman–Crippen LogP) is 4.49. The lowest BCUT2D eigenvalue weighted by Crippen LogP contribution is -2.16. The zero-order valence-corrected chi connectivity index (χ0v) is 14.5. The topological polar surface area (TPSA) is 46.4 Å². The van der Waals surface area contributed by atoms with E-state index < -0.39 is 0 Å². The molecule has 4 rings (SSSR count). The highest BCUT2D eigenvalue weighted by Crippen LogP contribution is 2.29. The third kappa shape index (κ3) is 3.09. The molecule has 4 nitrogen and oxygen atoms in total. The number of carbonyl (C=O) groups excluding carboxylic acids is 1. The summed E-state index contributed by atoms with van der Waals surface area (Å²) < 4.78 is 1.94. The number of aromatic nitrogens is 2. The van der Waals surface area contributed by atoms with Crippen LogP contribution in [0.2, 0.25) is 0 Å². The molecule has 26 heavy (non-hydrogen) atoms. The van der Waals surface area contributed by atoms with E-state index in [-0.39, 0.29) is 5.91 Å². The average Bonchev–Trinajstić information content (AvgIpc) is 3.03. The Labute approximate surface area is 152 Å². The largest absolute Gasteiger partial charge is 0.310 e. The molecule has 4 aromatic rings. The number of hydrogen-bond donors (Lipinski definition) is 1. The van der Waals surface area contributed by atoms with Gasteiger partial charge in [-0.2, -0.15) is 0 Å². The van der Waals surface area contributed by atoms with Gasteiger partial charge in [0.25, 0.3) is 0 Å². The molecular weight excluding hydrogens is 322 g/mol. The molecule has 0 spiro atoms. The van der Waals surface area contributed by atoms with Gasteiger partial charge in [-0.05, 0) is 24.1 Å². The van der Waals surface area contributed by atoms with Gasteiger partial charge in [0.15, 0.2) is 0 Å². The minimum absolute atomic E-state index is 0.0586. The van der Waals surface area contributed by atoms with E-state index in [4.69, 9.17) is 4.98 Å². The summed E-state index contributed by atoms with van der Waals surface area (Å²) in [7, 11) is 0. The molecule has 0 atom stereocenters. The van der Waals surface area contributed by atoms with Crippen LogP contribution in [0.25, 0.3) is 16.9 Å². The summed E-state index contributed by atoms with van der Waals surface area (Å²) in [6.07, 6.45) is 2.26. The molecule has 0 aliphatic heterocycles. The predicted molar refractivity (Wildman–Crippen MR) is 104 cm³/mol. The van der Waals surface area contributed by atoms with Gasteiger partial charge in [0, 0.05) is 11.8 Å².